The highest BCUT2D eigenvalue weighted by Gasteiger charge is 2.13. The lowest BCUT2D eigenvalue weighted by Gasteiger charge is -2.15. The Morgan fingerprint density at radius 3 is 2.45 bits per heavy atom. The minimum Gasteiger partial charge on any atom is -0.497 e. The average Bonchev–Trinajstić information content (AvgIpc) is 2.84. The van der Waals surface area contributed by atoms with Gasteiger partial charge in [0, 0.05) is 26.4 Å². The summed E-state index contributed by atoms with van der Waals surface area (Å²) >= 11 is 3.49. The third-order valence-electron chi connectivity index (χ3n) is 3.34. The van der Waals surface area contributed by atoms with Gasteiger partial charge in [0.05, 0.1) is 12.8 Å². The Hall–Kier alpha value is -1.11. The molecule has 1 aromatic carbocycles. The molecule has 0 unspecified atom stereocenters. The fourth-order valence-electron chi connectivity index (χ4n) is 1.93. The zero-order valence-corrected chi connectivity index (χ0v) is 16.2. The molecule has 2 aromatic rings. The van der Waals surface area contributed by atoms with Gasteiger partial charge in [-0.25, -0.2) is 4.98 Å². The van der Waals surface area contributed by atoms with E-state index in [4.69, 9.17) is 9.47 Å². The molecule has 22 heavy (non-hydrogen) atoms. The highest BCUT2D eigenvalue weighted by atomic mass is 79.9. The second-order valence-electron chi connectivity index (χ2n) is 6.44. The molecule has 6 heteroatoms. The summed E-state index contributed by atoms with van der Waals surface area (Å²) in [5.74, 6) is 0.844. The molecular formula is C16H23BrN2O2Si. The summed E-state index contributed by atoms with van der Waals surface area (Å²) in [6.07, 6.45) is 2.00. The number of nitrogens with zero attached hydrogens (tertiary/aromatic N) is 2. The van der Waals surface area contributed by atoms with E-state index in [0.717, 1.165) is 28.3 Å². The largest absolute Gasteiger partial charge is 0.497 e. The van der Waals surface area contributed by atoms with Crippen LogP contribution in [-0.2, 0) is 11.5 Å². The molecule has 0 aliphatic heterocycles. The number of ether oxygens (including phenoxy) is 2. The van der Waals surface area contributed by atoms with E-state index < -0.39 is 8.07 Å². The predicted octanol–water partition coefficient (Wildman–Crippen LogP) is 4.63. The van der Waals surface area contributed by atoms with Crippen molar-refractivity contribution in [2.45, 2.75) is 32.4 Å². The molecule has 0 aliphatic rings. The van der Waals surface area contributed by atoms with Crippen LogP contribution in [0.1, 0.15) is 0 Å². The van der Waals surface area contributed by atoms with Gasteiger partial charge in [-0.3, -0.25) is 0 Å². The molecule has 1 heterocycles. The summed E-state index contributed by atoms with van der Waals surface area (Å²) in [4.78, 5) is 4.53. The van der Waals surface area contributed by atoms with E-state index in [1.165, 1.54) is 6.04 Å². The molecule has 0 saturated carbocycles. The van der Waals surface area contributed by atoms with E-state index in [2.05, 4.69) is 40.6 Å². The maximum absolute atomic E-state index is 5.77. The van der Waals surface area contributed by atoms with Crippen LogP contribution in [0.2, 0.25) is 25.7 Å². The Kier molecular flexibility index (Phi) is 5.83. The number of halogens is 1. The minimum absolute atomic E-state index is 0.522. The van der Waals surface area contributed by atoms with Crippen LogP contribution >= 0.6 is 15.9 Å². The molecule has 0 radical (unpaired) electrons. The Morgan fingerprint density at radius 2 is 1.86 bits per heavy atom. The summed E-state index contributed by atoms with van der Waals surface area (Å²) < 4.78 is 13.7. The van der Waals surface area contributed by atoms with Gasteiger partial charge in [-0.1, -0.05) is 19.6 Å². The third-order valence-corrected chi connectivity index (χ3v) is 5.68. The quantitative estimate of drug-likeness (QED) is 0.517. The fourth-order valence-corrected chi connectivity index (χ4v) is 3.08. The Balaban J connectivity index is 1.98. The SMILES string of the molecule is COc1ccc(-c2cn(COCC[Si](C)(C)C)c(Br)n2)cc1. The molecule has 120 valence electrons. The molecule has 1 aromatic heterocycles. The zero-order valence-electron chi connectivity index (χ0n) is 13.6. The van der Waals surface area contributed by atoms with Gasteiger partial charge < -0.3 is 14.0 Å². The second kappa shape index (κ2) is 7.44. The van der Waals surface area contributed by atoms with Crippen molar-refractivity contribution in [2.75, 3.05) is 13.7 Å². The lowest BCUT2D eigenvalue weighted by molar-refractivity contribution is 0.0856. The normalized spacial score (nSPS) is 11.7. The van der Waals surface area contributed by atoms with Crippen molar-refractivity contribution in [3.05, 3.63) is 35.2 Å². The lowest BCUT2D eigenvalue weighted by Crippen LogP contribution is -2.22. The first-order valence-corrected chi connectivity index (χ1v) is 11.8. The monoisotopic (exact) mass is 382 g/mol. The predicted molar refractivity (Wildman–Crippen MR) is 96.0 cm³/mol. The molecule has 2 rings (SSSR count). The number of aromatic nitrogens is 2. The minimum atomic E-state index is -1.04. The van der Waals surface area contributed by atoms with Crippen molar-refractivity contribution in [1.29, 1.82) is 0 Å². The summed E-state index contributed by atoms with van der Waals surface area (Å²) in [5, 5.41) is 0. The van der Waals surface area contributed by atoms with Gasteiger partial charge in [0.2, 0.25) is 0 Å². The van der Waals surface area contributed by atoms with Crippen molar-refractivity contribution in [1.82, 2.24) is 9.55 Å². The molecule has 4 nitrogen and oxygen atoms in total. The van der Waals surface area contributed by atoms with Gasteiger partial charge in [0.25, 0.3) is 0 Å². The van der Waals surface area contributed by atoms with E-state index in [0.29, 0.717) is 6.73 Å². The number of hydrogen-bond donors (Lipinski definition) is 0. The summed E-state index contributed by atoms with van der Waals surface area (Å²) in [6, 6.07) is 9.05. The van der Waals surface area contributed by atoms with Crippen LogP contribution in [0.5, 0.6) is 5.75 Å². The van der Waals surface area contributed by atoms with Crippen molar-refractivity contribution < 1.29 is 9.47 Å². The molecule has 0 bridgehead atoms. The third kappa shape index (κ3) is 4.96. The second-order valence-corrected chi connectivity index (χ2v) is 12.8. The molecule has 0 spiro atoms. The van der Waals surface area contributed by atoms with Crippen LogP contribution in [0.3, 0.4) is 0 Å². The maximum atomic E-state index is 5.77. The van der Waals surface area contributed by atoms with Crippen LogP contribution < -0.4 is 4.74 Å². The van der Waals surface area contributed by atoms with E-state index in [9.17, 15) is 0 Å². The summed E-state index contributed by atoms with van der Waals surface area (Å²) in [6.45, 7) is 8.38. The van der Waals surface area contributed by atoms with Crippen LogP contribution in [0, 0.1) is 0 Å². The highest BCUT2D eigenvalue weighted by Crippen LogP contribution is 2.23. The molecule has 0 amide bonds. The number of rotatable bonds is 7. The number of imidazole rings is 1. The van der Waals surface area contributed by atoms with Gasteiger partial charge in [-0.05, 0) is 46.2 Å². The topological polar surface area (TPSA) is 36.3 Å². The summed E-state index contributed by atoms with van der Waals surface area (Å²) in [5.41, 5.74) is 1.98. The van der Waals surface area contributed by atoms with Crippen LogP contribution in [0.25, 0.3) is 11.3 Å². The fraction of sp³-hybridized carbons (Fsp3) is 0.438. The van der Waals surface area contributed by atoms with E-state index in [1.54, 1.807) is 7.11 Å². The van der Waals surface area contributed by atoms with Crippen molar-refractivity contribution in [3.8, 4) is 17.0 Å². The maximum Gasteiger partial charge on any atom is 0.179 e. The van der Waals surface area contributed by atoms with Crippen molar-refractivity contribution >= 4 is 24.0 Å². The van der Waals surface area contributed by atoms with Gasteiger partial charge in [0.1, 0.15) is 12.5 Å². The van der Waals surface area contributed by atoms with Gasteiger partial charge in [-0.15, -0.1) is 0 Å². The van der Waals surface area contributed by atoms with E-state index in [-0.39, 0.29) is 0 Å². The van der Waals surface area contributed by atoms with Gasteiger partial charge >= 0.3 is 0 Å². The smallest absolute Gasteiger partial charge is 0.179 e. The first-order valence-electron chi connectivity index (χ1n) is 7.34. The average molecular weight is 383 g/mol. The first-order chi connectivity index (χ1) is 10.4. The molecule has 0 N–H and O–H groups in total. The molecular weight excluding hydrogens is 360 g/mol. The molecule has 0 fully saturated rings. The van der Waals surface area contributed by atoms with E-state index in [1.807, 2.05) is 35.0 Å². The van der Waals surface area contributed by atoms with Gasteiger partial charge in [0.15, 0.2) is 4.73 Å². The number of hydrogen-bond acceptors (Lipinski definition) is 3. The van der Waals surface area contributed by atoms with Crippen molar-refractivity contribution in [2.24, 2.45) is 0 Å². The Bertz CT molecular complexity index is 606. The van der Waals surface area contributed by atoms with Gasteiger partial charge in [-0.2, -0.15) is 0 Å². The first kappa shape index (κ1) is 17.2. The molecule has 0 saturated heterocycles. The number of benzene rings is 1. The number of methoxy groups -OCH3 is 1. The van der Waals surface area contributed by atoms with Crippen molar-refractivity contribution in [3.63, 3.8) is 0 Å². The van der Waals surface area contributed by atoms with E-state index >= 15 is 0 Å². The zero-order chi connectivity index (χ0) is 16.2. The molecule has 0 aliphatic carbocycles. The standard InChI is InChI=1S/C16H23BrN2O2Si/c1-20-14-7-5-13(6-8-14)15-11-19(16(17)18-15)12-21-9-10-22(2,3)4/h5-8,11H,9-10,12H2,1-4H3. The van der Waals surface area contributed by atoms with Crippen LogP contribution in [0.4, 0.5) is 0 Å². The Morgan fingerprint density at radius 1 is 1.18 bits per heavy atom. The van der Waals surface area contributed by atoms with Crippen LogP contribution in [-0.4, -0.2) is 31.3 Å². The Labute approximate surface area is 141 Å². The molecule has 0 atom stereocenters. The van der Waals surface area contributed by atoms with Crippen LogP contribution in [0.15, 0.2) is 35.2 Å². The highest BCUT2D eigenvalue weighted by molar-refractivity contribution is 9.10. The summed E-state index contributed by atoms with van der Waals surface area (Å²) in [7, 11) is 0.626. The lowest BCUT2D eigenvalue weighted by atomic mass is 10.2.